The molecule has 3 rings (SSSR count). The Kier molecular flexibility index (Phi) is 12.5. The fourth-order valence-electron chi connectivity index (χ4n) is 4.08. The molecule has 0 amide bonds. The second-order valence-electron chi connectivity index (χ2n) is 11.3. The second-order valence-corrected chi connectivity index (χ2v) is 11.3. The maximum atomic E-state index is 2.44. The van der Waals surface area contributed by atoms with Crippen molar-refractivity contribution in [3.8, 4) is 0 Å². The summed E-state index contributed by atoms with van der Waals surface area (Å²) in [7, 11) is 0. The number of rotatable bonds is 7. The van der Waals surface area contributed by atoms with Crippen LogP contribution in [0.2, 0.25) is 0 Å². The summed E-state index contributed by atoms with van der Waals surface area (Å²) in [6.07, 6.45) is 7.74. The predicted octanol–water partition coefficient (Wildman–Crippen LogP) is 10.7. The smallest absolute Gasteiger partial charge is 0.0132 e. The van der Waals surface area contributed by atoms with Crippen molar-refractivity contribution < 1.29 is 0 Å². The summed E-state index contributed by atoms with van der Waals surface area (Å²) in [6, 6.07) is 14.4. The molecular weight excluding hydrogens is 396 g/mol. The Morgan fingerprint density at radius 1 is 0.697 bits per heavy atom. The number of hydrogen-bond acceptors (Lipinski definition) is 0. The summed E-state index contributed by atoms with van der Waals surface area (Å²) < 4.78 is 0. The van der Waals surface area contributed by atoms with Crippen molar-refractivity contribution in [2.24, 2.45) is 0 Å². The zero-order chi connectivity index (χ0) is 25.2. The first-order valence-corrected chi connectivity index (χ1v) is 13.8. The van der Waals surface area contributed by atoms with Gasteiger partial charge in [-0.05, 0) is 82.2 Å². The van der Waals surface area contributed by atoms with Crippen LogP contribution < -0.4 is 0 Å². The standard InChI is InChI=1S/C16H26.C15H22.C2H6/c1-7-8-13-9-14(12(2)3)11-15(10-13)16(4,5)6;1-4-5-12-8-14(11(2)3)10-15(9-12)13-6-7-13;1-2/h9-12H,7-8H2,1-6H3;8-11,13H,4-7H2,1-3H3;1-2H3. The molecule has 1 saturated carbocycles. The van der Waals surface area contributed by atoms with Crippen LogP contribution >= 0.6 is 0 Å². The fourth-order valence-corrected chi connectivity index (χ4v) is 4.08. The molecule has 0 unspecified atom stereocenters. The van der Waals surface area contributed by atoms with Crippen LogP contribution in [0.25, 0.3) is 0 Å². The molecule has 1 fully saturated rings. The van der Waals surface area contributed by atoms with E-state index in [1.54, 1.807) is 11.1 Å². The fraction of sp³-hybridized carbons (Fsp3) is 0.636. The van der Waals surface area contributed by atoms with E-state index in [0.717, 1.165) is 5.92 Å². The van der Waals surface area contributed by atoms with Gasteiger partial charge >= 0.3 is 0 Å². The molecule has 0 N–H and O–H groups in total. The van der Waals surface area contributed by atoms with Crippen molar-refractivity contribution in [1.29, 1.82) is 0 Å². The molecule has 1 aliphatic carbocycles. The highest BCUT2D eigenvalue weighted by molar-refractivity contribution is 5.36. The minimum Gasteiger partial charge on any atom is -0.0683 e. The van der Waals surface area contributed by atoms with Gasteiger partial charge in [0, 0.05) is 0 Å². The van der Waals surface area contributed by atoms with Crippen molar-refractivity contribution in [2.45, 2.75) is 138 Å². The molecule has 0 atom stereocenters. The van der Waals surface area contributed by atoms with Crippen molar-refractivity contribution in [2.75, 3.05) is 0 Å². The maximum Gasteiger partial charge on any atom is -0.0132 e. The van der Waals surface area contributed by atoms with E-state index in [0.29, 0.717) is 11.8 Å². The quantitative estimate of drug-likeness (QED) is 0.393. The van der Waals surface area contributed by atoms with Crippen LogP contribution in [0.3, 0.4) is 0 Å². The molecular formula is C33H54. The number of aryl methyl sites for hydroxylation is 2. The highest BCUT2D eigenvalue weighted by Crippen LogP contribution is 2.41. The normalized spacial score (nSPS) is 13.4. The SMILES string of the molecule is CC.CCCc1cc(C(C)C)cc(C(C)(C)C)c1.CCCc1cc(C(C)C)cc(C2CC2)c1. The third kappa shape index (κ3) is 10.1. The van der Waals surface area contributed by atoms with E-state index in [4.69, 9.17) is 0 Å². The molecule has 1 aliphatic rings. The minimum atomic E-state index is 0.257. The lowest BCUT2D eigenvalue weighted by Gasteiger charge is -2.22. The lowest BCUT2D eigenvalue weighted by atomic mass is 9.83. The maximum absolute atomic E-state index is 2.44. The Bertz CT molecular complexity index is 792. The van der Waals surface area contributed by atoms with Crippen LogP contribution in [0.1, 0.15) is 153 Å². The van der Waals surface area contributed by atoms with Crippen molar-refractivity contribution >= 4 is 0 Å². The first-order valence-electron chi connectivity index (χ1n) is 13.8. The molecule has 0 radical (unpaired) electrons. The van der Waals surface area contributed by atoms with Gasteiger partial charge in [0.2, 0.25) is 0 Å². The highest BCUT2D eigenvalue weighted by Gasteiger charge is 2.24. The molecule has 0 nitrogen and oxygen atoms in total. The first kappa shape index (κ1) is 29.5. The topological polar surface area (TPSA) is 0 Å². The van der Waals surface area contributed by atoms with E-state index >= 15 is 0 Å². The van der Waals surface area contributed by atoms with Gasteiger partial charge in [-0.25, -0.2) is 0 Å². The van der Waals surface area contributed by atoms with E-state index in [1.165, 1.54) is 60.8 Å². The van der Waals surface area contributed by atoms with Crippen molar-refractivity contribution in [1.82, 2.24) is 0 Å². The Morgan fingerprint density at radius 3 is 1.55 bits per heavy atom. The summed E-state index contributed by atoms with van der Waals surface area (Å²) >= 11 is 0. The van der Waals surface area contributed by atoms with Gasteiger partial charge < -0.3 is 0 Å². The van der Waals surface area contributed by atoms with Gasteiger partial charge in [-0.2, -0.15) is 0 Å². The highest BCUT2D eigenvalue weighted by atomic mass is 14.3. The van der Waals surface area contributed by atoms with Gasteiger partial charge in [0.05, 0.1) is 0 Å². The summed E-state index contributed by atoms with van der Waals surface area (Å²) in [5.74, 6) is 2.18. The molecule has 2 aromatic carbocycles. The molecule has 0 heteroatoms. The monoisotopic (exact) mass is 450 g/mol. The van der Waals surface area contributed by atoms with Gasteiger partial charge in [0.1, 0.15) is 0 Å². The van der Waals surface area contributed by atoms with Gasteiger partial charge in [0.15, 0.2) is 0 Å². The lowest BCUT2D eigenvalue weighted by molar-refractivity contribution is 0.587. The van der Waals surface area contributed by atoms with Crippen LogP contribution in [0, 0.1) is 0 Å². The van der Waals surface area contributed by atoms with E-state index in [-0.39, 0.29) is 5.41 Å². The molecule has 2 aromatic rings. The Hall–Kier alpha value is -1.56. The van der Waals surface area contributed by atoms with Crippen LogP contribution in [-0.2, 0) is 18.3 Å². The zero-order valence-electron chi connectivity index (χ0n) is 23.9. The van der Waals surface area contributed by atoms with Crippen LogP contribution in [0.15, 0.2) is 36.4 Å². The van der Waals surface area contributed by atoms with Crippen molar-refractivity contribution in [3.63, 3.8) is 0 Å². The second kappa shape index (κ2) is 14.0. The average Bonchev–Trinajstić information content (AvgIpc) is 3.60. The minimum absolute atomic E-state index is 0.257. The van der Waals surface area contributed by atoms with E-state index in [9.17, 15) is 0 Å². The Morgan fingerprint density at radius 2 is 1.15 bits per heavy atom. The first-order chi connectivity index (χ1) is 15.5. The predicted molar refractivity (Wildman–Crippen MR) is 151 cm³/mol. The van der Waals surface area contributed by atoms with E-state index < -0.39 is 0 Å². The zero-order valence-corrected chi connectivity index (χ0v) is 23.9. The molecule has 33 heavy (non-hydrogen) atoms. The molecule has 186 valence electrons. The van der Waals surface area contributed by atoms with Gasteiger partial charge in [-0.1, -0.05) is 125 Å². The van der Waals surface area contributed by atoms with Gasteiger partial charge in [-0.15, -0.1) is 0 Å². The molecule has 0 bridgehead atoms. The van der Waals surface area contributed by atoms with E-state index in [2.05, 4.69) is 98.7 Å². The largest absolute Gasteiger partial charge is 0.0683 e. The average molecular weight is 451 g/mol. The molecule has 0 heterocycles. The summed E-state index contributed by atoms with van der Waals surface area (Å²) in [6.45, 7) is 24.5. The molecule has 0 aliphatic heterocycles. The van der Waals surface area contributed by atoms with Gasteiger partial charge in [-0.3, -0.25) is 0 Å². The Labute approximate surface area is 207 Å². The lowest BCUT2D eigenvalue weighted by Crippen LogP contribution is -2.12. The summed E-state index contributed by atoms with van der Waals surface area (Å²) in [5.41, 5.74) is 9.39. The van der Waals surface area contributed by atoms with Crippen molar-refractivity contribution in [3.05, 3.63) is 69.8 Å². The van der Waals surface area contributed by atoms with Crippen LogP contribution in [-0.4, -0.2) is 0 Å². The summed E-state index contributed by atoms with van der Waals surface area (Å²) in [4.78, 5) is 0. The number of hydrogen-bond donors (Lipinski definition) is 0. The van der Waals surface area contributed by atoms with Crippen LogP contribution in [0.5, 0.6) is 0 Å². The third-order valence-electron chi connectivity index (χ3n) is 6.38. The van der Waals surface area contributed by atoms with Gasteiger partial charge in [0.25, 0.3) is 0 Å². The third-order valence-corrected chi connectivity index (χ3v) is 6.38. The molecule has 0 aromatic heterocycles. The summed E-state index contributed by atoms with van der Waals surface area (Å²) in [5, 5.41) is 0. The molecule has 0 saturated heterocycles. The molecule has 0 spiro atoms. The number of benzene rings is 2. The van der Waals surface area contributed by atoms with Crippen LogP contribution in [0.4, 0.5) is 0 Å². The Balaban J connectivity index is 0.000000307. The van der Waals surface area contributed by atoms with E-state index in [1.807, 2.05) is 13.8 Å².